The molecule has 1 aliphatic heterocycles. The Kier molecular flexibility index (Phi) is 5.18. The van der Waals surface area contributed by atoms with Gasteiger partial charge in [-0.1, -0.05) is 24.3 Å². The molecule has 27 heavy (non-hydrogen) atoms. The Hall–Kier alpha value is -2.70. The molecule has 2 aromatic heterocycles. The summed E-state index contributed by atoms with van der Waals surface area (Å²) < 4.78 is 2.12. The molecule has 2 unspecified atom stereocenters. The fourth-order valence-electron chi connectivity index (χ4n) is 3.60. The molecule has 1 fully saturated rings. The summed E-state index contributed by atoms with van der Waals surface area (Å²) >= 11 is 5.61. The van der Waals surface area contributed by atoms with Crippen molar-refractivity contribution in [3.63, 3.8) is 0 Å². The van der Waals surface area contributed by atoms with Crippen molar-refractivity contribution in [2.24, 2.45) is 0 Å². The molecule has 0 radical (unpaired) electrons. The Balaban J connectivity index is 1.70. The largest absolute Gasteiger partial charge is 0.396 e. The van der Waals surface area contributed by atoms with Crippen LogP contribution in [0.5, 0.6) is 0 Å². The number of hydrogen-bond acceptors (Lipinski definition) is 3. The second-order valence-corrected chi connectivity index (χ2v) is 6.97. The fourth-order valence-corrected chi connectivity index (χ4v) is 3.93. The van der Waals surface area contributed by atoms with Gasteiger partial charge in [0, 0.05) is 37.4 Å². The van der Waals surface area contributed by atoms with E-state index in [1.807, 2.05) is 42.6 Å². The SMILES string of the molecule is OCCCN1C(=S)NC(c2ccccn2)C1c1ccn(-c2ccccc2)c1. The zero-order valence-electron chi connectivity index (χ0n) is 14.9. The Labute approximate surface area is 164 Å². The van der Waals surface area contributed by atoms with Crippen LogP contribution in [-0.2, 0) is 0 Å². The second-order valence-electron chi connectivity index (χ2n) is 6.58. The molecule has 4 rings (SSSR count). The summed E-state index contributed by atoms with van der Waals surface area (Å²) in [7, 11) is 0. The van der Waals surface area contributed by atoms with E-state index in [1.54, 1.807) is 0 Å². The van der Waals surface area contributed by atoms with Crippen LogP contribution in [0.2, 0.25) is 0 Å². The molecular weight excluding hydrogens is 356 g/mol. The highest BCUT2D eigenvalue weighted by Crippen LogP contribution is 2.38. The summed E-state index contributed by atoms with van der Waals surface area (Å²) in [6, 6.07) is 18.3. The number of nitrogens with one attached hydrogen (secondary N) is 1. The van der Waals surface area contributed by atoms with E-state index in [1.165, 1.54) is 5.56 Å². The van der Waals surface area contributed by atoms with Crippen molar-refractivity contribution in [2.75, 3.05) is 13.2 Å². The normalized spacial score (nSPS) is 19.3. The van der Waals surface area contributed by atoms with Crippen molar-refractivity contribution in [2.45, 2.75) is 18.5 Å². The molecule has 0 aliphatic carbocycles. The van der Waals surface area contributed by atoms with Gasteiger partial charge in [0.05, 0.1) is 17.8 Å². The molecule has 5 nitrogen and oxygen atoms in total. The average Bonchev–Trinajstić information content (AvgIpc) is 3.32. The van der Waals surface area contributed by atoms with Crippen LogP contribution in [0.25, 0.3) is 5.69 Å². The highest BCUT2D eigenvalue weighted by molar-refractivity contribution is 7.80. The topological polar surface area (TPSA) is 53.3 Å². The minimum atomic E-state index is -0.0241. The van der Waals surface area contributed by atoms with Crippen LogP contribution >= 0.6 is 12.2 Å². The highest BCUT2D eigenvalue weighted by Gasteiger charge is 2.39. The number of aliphatic hydroxyl groups excluding tert-OH is 1. The van der Waals surface area contributed by atoms with Crippen molar-refractivity contribution in [1.82, 2.24) is 19.8 Å². The monoisotopic (exact) mass is 378 g/mol. The van der Waals surface area contributed by atoms with Crippen molar-refractivity contribution in [3.8, 4) is 5.69 Å². The van der Waals surface area contributed by atoms with Crippen LogP contribution in [-0.4, -0.2) is 37.8 Å². The van der Waals surface area contributed by atoms with E-state index in [9.17, 15) is 5.11 Å². The molecule has 138 valence electrons. The molecular formula is C21H22N4OS. The lowest BCUT2D eigenvalue weighted by atomic mass is 9.99. The summed E-state index contributed by atoms with van der Waals surface area (Å²) in [5.74, 6) is 0. The lowest BCUT2D eigenvalue weighted by Crippen LogP contribution is -2.31. The zero-order valence-corrected chi connectivity index (χ0v) is 15.7. The van der Waals surface area contributed by atoms with Crippen molar-refractivity contribution in [3.05, 3.63) is 84.4 Å². The number of hydrogen-bond donors (Lipinski definition) is 2. The van der Waals surface area contributed by atoms with E-state index in [4.69, 9.17) is 12.2 Å². The van der Waals surface area contributed by atoms with Gasteiger partial charge in [-0.2, -0.15) is 0 Å². The number of rotatable bonds is 6. The van der Waals surface area contributed by atoms with E-state index in [0.29, 0.717) is 18.1 Å². The average molecular weight is 379 g/mol. The van der Waals surface area contributed by atoms with E-state index < -0.39 is 0 Å². The van der Waals surface area contributed by atoms with E-state index in [0.717, 1.165) is 11.4 Å². The van der Waals surface area contributed by atoms with Gasteiger partial charge in [-0.3, -0.25) is 4.98 Å². The van der Waals surface area contributed by atoms with E-state index >= 15 is 0 Å². The first kappa shape index (κ1) is 17.7. The summed E-state index contributed by atoms with van der Waals surface area (Å²) in [4.78, 5) is 6.71. The van der Waals surface area contributed by atoms with Crippen LogP contribution in [0.4, 0.5) is 0 Å². The van der Waals surface area contributed by atoms with Crippen molar-refractivity contribution < 1.29 is 5.11 Å². The fraction of sp³-hybridized carbons (Fsp3) is 0.238. The molecule has 0 amide bonds. The minimum Gasteiger partial charge on any atom is -0.396 e. The standard InChI is InChI=1S/C21H22N4OS/c26-14-6-12-25-20(19(23-21(25)27)18-9-4-5-11-22-18)16-10-13-24(15-16)17-7-2-1-3-8-17/h1-5,7-11,13,15,19-20,26H,6,12,14H2,(H,23,27). The number of aromatic nitrogens is 2. The molecule has 3 heterocycles. The van der Waals surface area contributed by atoms with Crippen molar-refractivity contribution >= 4 is 17.3 Å². The predicted molar refractivity (Wildman–Crippen MR) is 110 cm³/mol. The van der Waals surface area contributed by atoms with E-state index in [2.05, 4.69) is 50.4 Å². The highest BCUT2D eigenvalue weighted by atomic mass is 32.1. The first-order valence-corrected chi connectivity index (χ1v) is 9.51. The number of pyridine rings is 1. The number of nitrogens with zero attached hydrogens (tertiary/aromatic N) is 3. The van der Waals surface area contributed by atoms with Gasteiger partial charge in [-0.05, 0) is 54.5 Å². The second kappa shape index (κ2) is 7.90. The molecule has 0 saturated carbocycles. The Morgan fingerprint density at radius 2 is 1.89 bits per heavy atom. The summed E-state index contributed by atoms with van der Waals surface area (Å²) in [5, 5.41) is 13.4. The summed E-state index contributed by atoms with van der Waals surface area (Å²) in [5.41, 5.74) is 3.25. The number of aliphatic hydroxyl groups is 1. The molecule has 0 spiro atoms. The van der Waals surface area contributed by atoms with Gasteiger partial charge < -0.3 is 19.9 Å². The Morgan fingerprint density at radius 3 is 2.63 bits per heavy atom. The maximum Gasteiger partial charge on any atom is 0.170 e. The zero-order chi connectivity index (χ0) is 18.6. The third-order valence-corrected chi connectivity index (χ3v) is 5.22. The van der Waals surface area contributed by atoms with Crippen LogP contribution in [0.1, 0.15) is 29.8 Å². The molecule has 2 N–H and O–H groups in total. The molecule has 0 bridgehead atoms. The molecule has 1 saturated heterocycles. The van der Waals surface area contributed by atoms with Crippen LogP contribution in [0.15, 0.2) is 73.2 Å². The van der Waals surface area contributed by atoms with Gasteiger partial charge in [0.15, 0.2) is 5.11 Å². The first-order chi connectivity index (χ1) is 13.3. The van der Waals surface area contributed by atoms with Crippen molar-refractivity contribution in [1.29, 1.82) is 0 Å². The van der Waals surface area contributed by atoms with Gasteiger partial charge in [-0.25, -0.2) is 0 Å². The van der Waals surface area contributed by atoms with Crippen LogP contribution in [0, 0.1) is 0 Å². The molecule has 6 heteroatoms. The maximum absolute atomic E-state index is 9.30. The molecule has 2 atom stereocenters. The Bertz CT molecular complexity index is 897. The lowest BCUT2D eigenvalue weighted by Gasteiger charge is -2.27. The maximum atomic E-state index is 9.30. The quantitative estimate of drug-likeness (QED) is 0.645. The Morgan fingerprint density at radius 1 is 1.07 bits per heavy atom. The van der Waals surface area contributed by atoms with Crippen LogP contribution in [0.3, 0.4) is 0 Å². The lowest BCUT2D eigenvalue weighted by molar-refractivity contribution is 0.247. The van der Waals surface area contributed by atoms with Gasteiger partial charge >= 0.3 is 0 Å². The van der Waals surface area contributed by atoms with Crippen LogP contribution < -0.4 is 5.32 Å². The van der Waals surface area contributed by atoms with Gasteiger partial charge in [0.25, 0.3) is 0 Å². The number of thiocarbonyl (C=S) groups is 1. The summed E-state index contributed by atoms with van der Waals surface area (Å²) in [6.07, 6.45) is 6.71. The van der Waals surface area contributed by atoms with E-state index in [-0.39, 0.29) is 18.7 Å². The van der Waals surface area contributed by atoms with Gasteiger partial charge in [-0.15, -0.1) is 0 Å². The molecule has 1 aliphatic rings. The molecule has 3 aromatic rings. The smallest absolute Gasteiger partial charge is 0.170 e. The summed E-state index contributed by atoms with van der Waals surface area (Å²) in [6.45, 7) is 0.845. The van der Waals surface area contributed by atoms with Gasteiger partial charge in [0.2, 0.25) is 0 Å². The first-order valence-electron chi connectivity index (χ1n) is 9.10. The molecule has 1 aromatic carbocycles. The predicted octanol–water partition coefficient (Wildman–Crippen LogP) is 3.23. The number of para-hydroxylation sites is 1. The van der Waals surface area contributed by atoms with Gasteiger partial charge in [0.1, 0.15) is 0 Å². The minimum absolute atomic E-state index is 0.0241. The number of benzene rings is 1. The third-order valence-electron chi connectivity index (χ3n) is 4.87. The third kappa shape index (κ3) is 3.59.